The summed E-state index contributed by atoms with van der Waals surface area (Å²) in [6.07, 6.45) is 3.08. The lowest BCUT2D eigenvalue weighted by Gasteiger charge is -2.25. The molecule has 2 aromatic heterocycles. The van der Waals surface area contributed by atoms with Crippen LogP contribution in [0.2, 0.25) is 0 Å². The van der Waals surface area contributed by atoms with Crippen LogP contribution in [0.3, 0.4) is 0 Å². The first-order valence-electron chi connectivity index (χ1n) is 5.85. The maximum atomic E-state index is 5.71. The number of aromatic nitrogens is 4. The van der Waals surface area contributed by atoms with E-state index in [0.717, 1.165) is 12.8 Å². The van der Waals surface area contributed by atoms with Gasteiger partial charge in [0.15, 0.2) is 0 Å². The Morgan fingerprint density at radius 3 is 2.67 bits per heavy atom. The highest BCUT2D eigenvalue weighted by atomic mass is 16.5. The summed E-state index contributed by atoms with van der Waals surface area (Å²) in [5.41, 5.74) is 5.80. The Balaban J connectivity index is 2.39. The van der Waals surface area contributed by atoms with Crippen LogP contribution in [-0.2, 0) is 10.3 Å². The van der Waals surface area contributed by atoms with E-state index in [2.05, 4.69) is 20.3 Å². The van der Waals surface area contributed by atoms with Crippen molar-refractivity contribution in [2.24, 2.45) is 0 Å². The molecule has 3 N–H and O–H groups in total. The largest absolute Gasteiger partial charge is 0.383 e. The van der Waals surface area contributed by atoms with Gasteiger partial charge in [-0.3, -0.25) is 5.10 Å². The molecule has 0 atom stereocenters. The summed E-state index contributed by atoms with van der Waals surface area (Å²) in [6, 6.07) is 0. The molecule has 98 valence electrons. The maximum absolute atomic E-state index is 5.71. The number of H-pyrrole nitrogens is 1. The normalized spacial score (nSPS) is 11.9. The van der Waals surface area contributed by atoms with E-state index in [1.807, 2.05) is 13.8 Å². The van der Waals surface area contributed by atoms with Crippen LogP contribution in [0.5, 0.6) is 0 Å². The topological polar surface area (TPSA) is 103 Å². The van der Waals surface area contributed by atoms with Gasteiger partial charge < -0.3 is 15.0 Å². The van der Waals surface area contributed by atoms with Crippen molar-refractivity contribution in [2.45, 2.75) is 32.3 Å². The Bertz CT molecular complexity index is 507. The molecule has 0 radical (unpaired) electrons. The van der Waals surface area contributed by atoms with Gasteiger partial charge in [-0.15, -0.1) is 0 Å². The van der Waals surface area contributed by atoms with Crippen LogP contribution in [0.1, 0.15) is 32.5 Å². The zero-order valence-corrected chi connectivity index (χ0v) is 10.7. The molecule has 7 heteroatoms. The molecule has 0 spiro atoms. The fourth-order valence-corrected chi connectivity index (χ4v) is 1.93. The Labute approximate surface area is 105 Å². The fourth-order valence-electron chi connectivity index (χ4n) is 1.93. The summed E-state index contributed by atoms with van der Waals surface area (Å²) >= 11 is 0. The first-order valence-corrected chi connectivity index (χ1v) is 5.85. The Hall–Kier alpha value is -1.89. The maximum Gasteiger partial charge on any atom is 0.263 e. The molecule has 0 aliphatic rings. The number of ether oxygens (including phenoxy) is 1. The molecule has 0 fully saturated rings. The molecule has 0 aliphatic carbocycles. The number of nitrogens with one attached hydrogen (secondary N) is 1. The minimum atomic E-state index is -0.514. The number of nitrogens with zero attached hydrogens (tertiary/aromatic N) is 3. The van der Waals surface area contributed by atoms with Gasteiger partial charge in [-0.05, 0) is 12.8 Å². The molecule has 0 bridgehead atoms. The average Bonchev–Trinajstić information content (AvgIpc) is 3.01. The lowest BCUT2D eigenvalue weighted by molar-refractivity contribution is -0.0306. The highest BCUT2D eigenvalue weighted by Gasteiger charge is 2.34. The van der Waals surface area contributed by atoms with Gasteiger partial charge in [0.1, 0.15) is 17.0 Å². The molecule has 2 aromatic rings. The molecule has 0 saturated heterocycles. The van der Waals surface area contributed by atoms with Gasteiger partial charge in [-0.2, -0.15) is 10.1 Å². The molecular formula is C11H17N5O2. The molecule has 2 rings (SSSR count). The molecule has 18 heavy (non-hydrogen) atoms. The van der Waals surface area contributed by atoms with Crippen LogP contribution in [0.25, 0.3) is 11.5 Å². The van der Waals surface area contributed by atoms with Crippen molar-refractivity contribution >= 4 is 5.82 Å². The minimum Gasteiger partial charge on any atom is -0.383 e. The van der Waals surface area contributed by atoms with Crippen molar-refractivity contribution in [3.05, 3.63) is 12.0 Å². The molecule has 0 aromatic carbocycles. The second kappa shape index (κ2) is 4.77. The third kappa shape index (κ3) is 1.86. The Morgan fingerprint density at radius 2 is 2.17 bits per heavy atom. The molecule has 0 unspecified atom stereocenters. The van der Waals surface area contributed by atoms with Gasteiger partial charge in [0.2, 0.25) is 5.82 Å². The van der Waals surface area contributed by atoms with Gasteiger partial charge >= 0.3 is 0 Å². The summed E-state index contributed by atoms with van der Waals surface area (Å²) < 4.78 is 10.8. The molecule has 0 amide bonds. The highest BCUT2D eigenvalue weighted by molar-refractivity contribution is 5.65. The first-order chi connectivity index (χ1) is 8.66. The third-order valence-electron chi connectivity index (χ3n) is 3.27. The standard InChI is InChI=1S/C11H17N5O2/c1-4-11(5-2,17-3)10-14-9(18-16-10)7-6-13-15-8(7)12/h6H,4-5H2,1-3H3,(H3,12,13,15). The third-order valence-corrected chi connectivity index (χ3v) is 3.27. The molecule has 0 aliphatic heterocycles. The van der Waals surface area contributed by atoms with Crippen LogP contribution in [-0.4, -0.2) is 27.4 Å². The number of rotatable bonds is 5. The van der Waals surface area contributed by atoms with E-state index in [0.29, 0.717) is 23.1 Å². The van der Waals surface area contributed by atoms with Gasteiger partial charge in [0.25, 0.3) is 5.89 Å². The average molecular weight is 251 g/mol. The lowest BCUT2D eigenvalue weighted by atomic mass is 9.96. The summed E-state index contributed by atoms with van der Waals surface area (Å²) in [5, 5.41) is 10.4. The number of hydrogen-bond donors (Lipinski definition) is 2. The van der Waals surface area contributed by atoms with E-state index in [9.17, 15) is 0 Å². The van der Waals surface area contributed by atoms with Gasteiger partial charge in [-0.1, -0.05) is 19.0 Å². The van der Waals surface area contributed by atoms with Crippen molar-refractivity contribution in [1.82, 2.24) is 20.3 Å². The van der Waals surface area contributed by atoms with E-state index in [4.69, 9.17) is 15.0 Å². The second-order valence-electron chi connectivity index (χ2n) is 4.03. The zero-order chi connectivity index (χ0) is 13.2. The number of nitrogens with two attached hydrogens (primary N) is 1. The smallest absolute Gasteiger partial charge is 0.263 e. The van der Waals surface area contributed by atoms with E-state index in [1.165, 1.54) is 0 Å². The molecule has 0 saturated carbocycles. The van der Waals surface area contributed by atoms with Crippen LogP contribution in [0.15, 0.2) is 10.7 Å². The second-order valence-corrected chi connectivity index (χ2v) is 4.03. The van der Waals surface area contributed by atoms with Crippen LogP contribution < -0.4 is 5.73 Å². The van der Waals surface area contributed by atoms with Gasteiger partial charge in [0, 0.05) is 7.11 Å². The van der Waals surface area contributed by atoms with Gasteiger partial charge in [-0.25, -0.2) is 0 Å². The van der Waals surface area contributed by atoms with Crippen LogP contribution in [0, 0.1) is 0 Å². The number of aromatic amines is 1. The van der Waals surface area contributed by atoms with Crippen molar-refractivity contribution in [3.8, 4) is 11.5 Å². The highest BCUT2D eigenvalue weighted by Crippen LogP contribution is 2.32. The van der Waals surface area contributed by atoms with Crippen LogP contribution >= 0.6 is 0 Å². The number of methoxy groups -OCH3 is 1. The van der Waals surface area contributed by atoms with Crippen molar-refractivity contribution in [1.29, 1.82) is 0 Å². The predicted octanol–water partition coefficient (Wildman–Crippen LogP) is 1.70. The lowest BCUT2D eigenvalue weighted by Crippen LogP contribution is -2.28. The summed E-state index contributed by atoms with van der Waals surface area (Å²) in [4.78, 5) is 4.36. The van der Waals surface area contributed by atoms with Crippen molar-refractivity contribution in [3.63, 3.8) is 0 Å². The van der Waals surface area contributed by atoms with Crippen molar-refractivity contribution < 1.29 is 9.26 Å². The molecular weight excluding hydrogens is 234 g/mol. The molecule has 2 heterocycles. The Kier molecular flexibility index (Phi) is 3.33. The quantitative estimate of drug-likeness (QED) is 0.838. The number of hydrogen-bond acceptors (Lipinski definition) is 6. The molecule has 7 nitrogen and oxygen atoms in total. The number of anilines is 1. The van der Waals surface area contributed by atoms with E-state index >= 15 is 0 Å². The van der Waals surface area contributed by atoms with Gasteiger partial charge in [0.05, 0.1) is 6.20 Å². The van der Waals surface area contributed by atoms with E-state index < -0.39 is 5.60 Å². The summed E-state index contributed by atoms with van der Waals surface area (Å²) in [7, 11) is 1.65. The number of nitrogen functional groups attached to an aromatic ring is 1. The monoisotopic (exact) mass is 251 g/mol. The van der Waals surface area contributed by atoms with Crippen LogP contribution in [0.4, 0.5) is 5.82 Å². The summed E-state index contributed by atoms with van der Waals surface area (Å²) in [6.45, 7) is 4.05. The SMILES string of the molecule is CCC(CC)(OC)c1noc(-c2cn[nH]c2N)n1. The zero-order valence-electron chi connectivity index (χ0n) is 10.7. The first kappa shape index (κ1) is 12.6. The fraction of sp³-hybridized carbons (Fsp3) is 0.545. The van der Waals surface area contributed by atoms with E-state index in [-0.39, 0.29) is 0 Å². The minimum absolute atomic E-state index is 0.347. The van der Waals surface area contributed by atoms with E-state index in [1.54, 1.807) is 13.3 Å². The van der Waals surface area contributed by atoms with Crippen molar-refractivity contribution in [2.75, 3.05) is 12.8 Å². The predicted molar refractivity (Wildman–Crippen MR) is 65.6 cm³/mol. The Morgan fingerprint density at radius 1 is 1.44 bits per heavy atom. The summed E-state index contributed by atoms with van der Waals surface area (Å²) in [5.74, 6) is 1.28.